The van der Waals surface area contributed by atoms with Crippen molar-refractivity contribution in [2.75, 3.05) is 25.0 Å². The first-order valence-electron chi connectivity index (χ1n) is 13.0. The summed E-state index contributed by atoms with van der Waals surface area (Å²) in [5.74, 6) is 0.533. The molecule has 1 fully saturated rings. The third kappa shape index (κ3) is 6.45. The van der Waals surface area contributed by atoms with Crippen molar-refractivity contribution >= 4 is 40.9 Å². The lowest BCUT2D eigenvalue weighted by Gasteiger charge is -2.32. The molecule has 0 aliphatic carbocycles. The van der Waals surface area contributed by atoms with Gasteiger partial charge in [-0.1, -0.05) is 17.7 Å². The Kier molecular flexibility index (Phi) is 7.53. The number of halogens is 1. The first-order chi connectivity index (χ1) is 19.0. The Morgan fingerprint density at radius 2 is 2.05 bits per heavy atom. The number of piperidine rings is 1. The lowest BCUT2D eigenvalue weighted by Crippen LogP contribution is -2.42. The number of nitrogens with zero attached hydrogens (tertiary/aromatic N) is 5. The highest BCUT2D eigenvalue weighted by Gasteiger charge is 2.26. The fraction of sp³-hybridized carbons (Fsp3) is 0.370. The third-order valence-corrected chi connectivity index (χ3v) is 6.63. The molecule has 1 aliphatic heterocycles. The minimum absolute atomic E-state index is 0.213. The van der Waals surface area contributed by atoms with Crippen molar-refractivity contribution in [3.8, 4) is 5.88 Å². The van der Waals surface area contributed by atoms with Gasteiger partial charge in [-0.15, -0.1) is 0 Å². The third-order valence-electron chi connectivity index (χ3n) is 6.39. The molecule has 1 saturated heterocycles. The normalized spacial score (nSPS) is 15.7. The average molecular weight is 567 g/mol. The fourth-order valence-corrected chi connectivity index (χ4v) is 4.64. The summed E-state index contributed by atoms with van der Waals surface area (Å²) in [5, 5.41) is 18.9. The first-order valence-corrected chi connectivity index (χ1v) is 13.3. The van der Waals surface area contributed by atoms with Crippen molar-refractivity contribution in [1.82, 2.24) is 29.5 Å². The molecule has 0 spiro atoms. The highest BCUT2D eigenvalue weighted by atomic mass is 35.5. The van der Waals surface area contributed by atoms with Crippen LogP contribution < -0.4 is 21.7 Å². The van der Waals surface area contributed by atoms with E-state index in [0.717, 1.165) is 18.5 Å². The summed E-state index contributed by atoms with van der Waals surface area (Å²) in [6.45, 7) is 7.35. The van der Waals surface area contributed by atoms with E-state index in [2.05, 4.69) is 20.4 Å². The predicted octanol–water partition coefficient (Wildman–Crippen LogP) is 2.94. The number of anilines is 2. The van der Waals surface area contributed by atoms with E-state index in [-0.39, 0.29) is 23.6 Å². The van der Waals surface area contributed by atoms with Gasteiger partial charge in [-0.3, -0.25) is 9.98 Å². The summed E-state index contributed by atoms with van der Waals surface area (Å²) in [6, 6.07) is 9.08. The Balaban J connectivity index is 1.44. The molecule has 210 valence electrons. The molecule has 0 bridgehead atoms. The number of H-pyrrole nitrogens is 2. The zero-order valence-electron chi connectivity index (χ0n) is 22.4. The standard InChI is InChI=1S/C27H31ClN8O4/c1-27(2,3)40-26(39)35-9-7-16(8-10-35)14-29-22-13-21(31-19-6-4-5-18(28)12-19)33-23-17(15-30-36(22)23)11-20-24(37)34-25(38)32-20/h4-6,11-13,15-16,31,37H,7-10,14H2,1-3H3,(H2,32,34,38)/b17-11+,29-22?. The lowest BCUT2D eigenvalue weighted by atomic mass is 9.97. The molecular formula is C27H31ClN8O4. The van der Waals surface area contributed by atoms with E-state index >= 15 is 0 Å². The number of aromatic hydroxyl groups is 1. The summed E-state index contributed by atoms with van der Waals surface area (Å²) in [4.78, 5) is 40.2. The number of benzene rings is 1. The number of imidazole rings is 1. The van der Waals surface area contributed by atoms with Crippen molar-refractivity contribution in [3.05, 3.63) is 68.4 Å². The monoisotopic (exact) mass is 566 g/mol. The lowest BCUT2D eigenvalue weighted by molar-refractivity contribution is 0.0186. The second-order valence-corrected chi connectivity index (χ2v) is 11.1. The number of likely N-dealkylation sites (tertiary alicyclic amines) is 1. The summed E-state index contributed by atoms with van der Waals surface area (Å²) < 4.78 is 7.12. The van der Waals surface area contributed by atoms with Crippen LogP contribution in [0.2, 0.25) is 5.02 Å². The summed E-state index contributed by atoms with van der Waals surface area (Å²) in [6.07, 6.45) is 4.51. The SMILES string of the molecule is CC(C)(C)OC(=O)N1CCC(CN=c2cc(Nc3cccc(Cl)c3)nc3/c(=C/c4[nH]c(=O)[nH]c4O)cnn23)CC1. The first kappa shape index (κ1) is 27.3. The number of hydrogen-bond donors (Lipinski definition) is 4. The molecule has 4 aromatic rings. The number of carbonyl (C=O) groups is 1. The van der Waals surface area contributed by atoms with Crippen LogP contribution in [0.3, 0.4) is 0 Å². The predicted molar refractivity (Wildman–Crippen MR) is 151 cm³/mol. The van der Waals surface area contributed by atoms with Crippen LogP contribution in [0.5, 0.6) is 5.88 Å². The number of rotatable bonds is 5. The van der Waals surface area contributed by atoms with Gasteiger partial charge in [-0.05, 0) is 63.8 Å². The van der Waals surface area contributed by atoms with Crippen LogP contribution >= 0.6 is 11.6 Å². The molecule has 1 amide bonds. The number of ether oxygens (including phenoxy) is 1. The van der Waals surface area contributed by atoms with E-state index in [1.807, 2.05) is 32.9 Å². The van der Waals surface area contributed by atoms with Gasteiger partial charge in [-0.25, -0.2) is 14.6 Å². The van der Waals surface area contributed by atoms with Crippen molar-refractivity contribution in [2.24, 2.45) is 10.9 Å². The van der Waals surface area contributed by atoms with E-state index < -0.39 is 11.3 Å². The van der Waals surface area contributed by atoms with Gasteiger partial charge in [0.1, 0.15) is 17.1 Å². The number of fused-ring (bicyclic) bond motifs is 1. The van der Waals surface area contributed by atoms with Gasteiger partial charge in [0.15, 0.2) is 11.1 Å². The maximum absolute atomic E-state index is 12.4. The van der Waals surface area contributed by atoms with Crippen LogP contribution in [-0.4, -0.2) is 65.9 Å². The van der Waals surface area contributed by atoms with Crippen molar-refractivity contribution in [3.63, 3.8) is 0 Å². The largest absolute Gasteiger partial charge is 0.493 e. The van der Waals surface area contributed by atoms with Crippen molar-refractivity contribution < 1.29 is 14.6 Å². The fourth-order valence-electron chi connectivity index (χ4n) is 4.45. The van der Waals surface area contributed by atoms with Crippen LogP contribution in [0.15, 0.2) is 46.3 Å². The number of amides is 1. The van der Waals surface area contributed by atoms with Crippen LogP contribution in [-0.2, 0) is 4.74 Å². The molecule has 1 aliphatic rings. The van der Waals surface area contributed by atoms with Gasteiger partial charge in [0.25, 0.3) is 0 Å². The number of hydrogen-bond acceptors (Lipinski definition) is 8. The summed E-state index contributed by atoms with van der Waals surface area (Å²) >= 11 is 6.16. The Bertz CT molecular complexity index is 1710. The molecular weight excluding hydrogens is 536 g/mol. The van der Waals surface area contributed by atoms with E-state index in [1.165, 1.54) is 0 Å². The molecule has 3 aromatic heterocycles. The highest BCUT2D eigenvalue weighted by molar-refractivity contribution is 6.30. The van der Waals surface area contributed by atoms with E-state index in [1.54, 1.807) is 39.9 Å². The van der Waals surface area contributed by atoms with Crippen molar-refractivity contribution in [2.45, 2.75) is 39.2 Å². The van der Waals surface area contributed by atoms with E-state index in [0.29, 0.717) is 46.8 Å². The van der Waals surface area contributed by atoms with Crippen LogP contribution in [0, 0.1) is 5.92 Å². The van der Waals surface area contributed by atoms with Gasteiger partial charge < -0.3 is 25.0 Å². The molecule has 5 rings (SSSR count). The summed E-state index contributed by atoms with van der Waals surface area (Å²) in [7, 11) is 0. The van der Waals surface area contributed by atoms with Gasteiger partial charge >= 0.3 is 11.8 Å². The topological polar surface area (TPSA) is 153 Å². The second kappa shape index (κ2) is 11.0. The smallest absolute Gasteiger partial charge is 0.410 e. The van der Waals surface area contributed by atoms with Gasteiger partial charge in [0.2, 0.25) is 5.88 Å². The Morgan fingerprint density at radius 1 is 1.27 bits per heavy atom. The van der Waals surface area contributed by atoms with Crippen LogP contribution in [0.1, 0.15) is 39.3 Å². The molecule has 40 heavy (non-hydrogen) atoms. The Hall–Kier alpha value is -4.32. The number of aromatic nitrogens is 5. The Morgan fingerprint density at radius 3 is 2.73 bits per heavy atom. The van der Waals surface area contributed by atoms with Crippen LogP contribution in [0.4, 0.5) is 16.3 Å². The minimum Gasteiger partial charge on any atom is -0.493 e. The number of nitrogens with one attached hydrogen (secondary N) is 3. The second-order valence-electron chi connectivity index (χ2n) is 10.7. The molecule has 13 heteroatoms. The van der Waals surface area contributed by atoms with E-state index in [4.69, 9.17) is 26.3 Å². The molecule has 12 nitrogen and oxygen atoms in total. The minimum atomic E-state index is -0.526. The molecule has 0 saturated carbocycles. The molecule has 4 heterocycles. The molecule has 0 atom stereocenters. The average Bonchev–Trinajstić information content (AvgIpc) is 3.43. The zero-order chi connectivity index (χ0) is 28.4. The maximum Gasteiger partial charge on any atom is 0.410 e. The molecule has 0 radical (unpaired) electrons. The van der Waals surface area contributed by atoms with Gasteiger partial charge in [-0.2, -0.15) is 9.61 Å². The molecule has 1 aromatic carbocycles. The van der Waals surface area contributed by atoms with Crippen molar-refractivity contribution in [1.29, 1.82) is 0 Å². The highest BCUT2D eigenvalue weighted by Crippen LogP contribution is 2.21. The Labute approximate surface area is 234 Å². The summed E-state index contributed by atoms with van der Waals surface area (Å²) in [5.41, 5.74) is 0.974. The molecule has 4 N–H and O–H groups in total. The number of aromatic amines is 2. The van der Waals surface area contributed by atoms with Crippen LogP contribution in [0.25, 0.3) is 11.7 Å². The zero-order valence-corrected chi connectivity index (χ0v) is 23.2. The quantitative estimate of drug-likeness (QED) is 0.290. The van der Waals surface area contributed by atoms with E-state index in [9.17, 15) is 14.7 Å². The number of carbonyl (C=O) groups excluding carboxylic acids is 1. The van der Waals surface area contributed by atoms with Gasteiger partial charge in [0.05, 0.1) is 6.20 Å². The maximum atomic E-state index is 12.4. The molecule has 0 unspecified atom stereocenters. The van der Waals surface area contributed by atoms with Gasteiger partial charge in [0, 0.05) is 41.6 Å².